The van der Waals surface area contributed by atoms with E-state index in [1.54, 1.807) is 6.07 Å². The molecule has 1 amide bonds. The number of pyridine rings is 2. The minimum Gasteiger partial charge on any atom is -0.381 e. The molecule has 2 aliphatic rings. The highest BCUT2D eigenvalue weighted by atomic mass is 19.3. The van der Waals surface area contributed by atoms with Crippen molar-refractivity contribution < 1.29 is 22.7 Å². The minimum atomic E-state index is -2.65. The van der Waals surface area contributed by atoms with Gasteiger partial charge in [-0.1, -0.05) is 19.3 Å². The third-order valence-electron chi connectivity index (χ3n) is 6.19. The van der Waals surface area contributed by atoms with Crippen molar-refractivity contribution in [3.05, 3.63) is 42.1 Å². The molecule has 0 bridgehead atoms. The van der Waals surface area contributed by atoms with Crippen LogP contribution in [0.5, 0.6) is 0 Å². The van der Waals surface area contributed by atoms with Crippen molar-refractivity contribution in [1.29, 1.82) is 0 Å². The predicted octanol–water partition coefficient (Wildman–Crippen LogP) is 6.11. The Balaban J connectivity index is 0.000000305. The zero-order chi connectivity index (χ0) is 23.0. The number of carbonyl (C=O) groups is 1. The third kappa shape index (κ3) is 6.28. The smallest absolute Gasteiger partial charge is 0.248 e. The van der Waals surface area contributed by atoms with Crippen molar-refractivity contribution in [2.24, 2.45) is 0 Å². The molecule has 2 saturated carbocycles. The summed E-state index contributed by atoms with van der Waals surface area (Å²) in [6.07, 6.45) is 10.8. The molecule has 2 aliphatic carbocycles. The van der Waals surface area contributed by atoms with Gasteiger partial charge in [0, 0.05) is 43.8 Å². The summed E-state index contributed by atoms with van der Waals surface area (Å²) in [6.45, 7) is 0. The summed E-state index contributed by atoms with van der Waals surface area (Å²) in [5, 5.41) is 2.55. The van der Waals surface area contributed by atoms with Gasteiger partial charge in [0.15, 0.2) is 0 Å². The number of nitrogens with zero attached hydrogens (tertiary/aromatic N) is 2. The number of carbonyl (C=O) groups excluding carboxylic acids is 1. The summed E-state index contributed by atoms with van der Waals surface area (Å²) in [5.74, 6) is -3.39. The molecule has 2 aromatic heterocycles. The Morgan fingerprint density at radius 3 is 2.38 bits per heavy atom. The fraction of sp³-hybridized carbons (Fsp3) is 0.542. The van der Waals surface area contributed by atoms with Crippen LogP contribution in [0.1, 0.15) is 69.4 Å². The average Bonchev–Trinajstić information content (AvgIpc) is 2.81. The predicted molar refractivity (Wildman–Crippen MR) is 117 cm³/mol. The number of methoxy groups -OCH3 is 1. The lowest BCUT2D eigenvalue weighted by Gasteiger charge is -2.29. The highest BCUT2D eigenvalue weighted by Gasteiger charge is 2.37. The van der Waals surface area contributed by atoms with Gasteiger partial charge in [0.05, 0.1) is 17.5 Å². The van der Waals surface area contributed by atoms with Crippen molar-refractivity contribution in [3.8, 4) is 11.3 Å². The van der Waals surface area contributed by atoms with Crippen molar-refractivity contribution in [2.75, 3.05) is 12.4 Å². The number of hydrogen-bond donors (Lipinski definition) is 1. The number of anilines is 1. The normalized spacial score (nSPS) is 19.0. The number of nitrogens with one attached hydrogen (secondary N) is 1. The highest BCUT2D eigenvalue weighted by Crippen LogP contribution is 2.43. The van der Waals surface area contributed by atoms with Crippen molar-refractivity contribution >= 4 is 12.1 Å². The molecule has 2 fully saturated rings. The average molecular weight is 450 g/mol. The maximum Gasteiger partial charge on any atom is 0.248 e. The molecule has 0 saturated heterocycles. The maximum absolute atomic E-state index is 14.1. The van der Waals surface area contributed by atoms with Crippen LogP contribution in [0.2, 0.25) is 0 Å². The van der Waals surface area contributed by atoms with Crippen LogP contribution in [-0.4, -0.2) is 35.5 Å². The van der Waals surface area contributed by atoms with Gasteiger partial charge in [-0.05, 0) is 43.9 Å². The van der Waals surface area contributed by atoms with E-state index in [2.05, 4.69) is 15.3 Å². The monoisotopic (exact) mass is 449 g/mol. The Morgan fingerprint density at radius 1 is 1.06 bits per heavy atom. The molecule has 1 N–H and O–H groups in total. The molecule has 32 heavy (non-hydrogen) atoms. The molecule has 0 spiro atoms. The molecule has 174 valence electrons. The first kappa shape index (κ1) is 24.2. The summed E-state index contributed by atoms with van der Waals surface area (Å²) in [6, 6.07) is 4.30. The van der Waals surface area contributed by atoms with Crippen LogP contribution in [0.3, 0.4) is 0 Å². The van der Waals surface area contributed by atoms with Gasteiger partial charge < -0.3 is 10.1 Å². The lowest BCUT2D eigenvalue weighted by molar-refractivity contribution is -0.105. The molecule has 0 aromatic carbocycles. The van der Waals surface area contributed by atoms with Gasteiger partial charge in [-0.3, -0.25) is 14.8 Å². The summed E-state index contributed by atoms with van der Waals surface area (Å²) < 4.78 is 46.0. The molecule has 0 aliphatic heterocycles. The third-order valence-corrected chi connectivity index (χ3v) is 6.19. The van der Waals surface area contributed by atoms with Gasteiger partial charge in [-0.15, -0.1) is 0 Å². The van der Waals surface area contributed by atoms with Gasteiger partial charge in [0.1, 0.15) is 11.5 Å². The Kier molecular flexibility index (Phi) is 8.61. The summed E-state index contributed by atoms with van der Waals surface area (Å²) in [7, 11) is 1.82. The topological polar surface area (TPSA) is 64.1 Å². The first-order valence-electron chi connectivity index (χ1n) is 11.2. The van der Waals surface area contributed by atoms with Crippen LogP contribution in [-0.2, 0) is 9.53 Å². The molecule has 0 radical (unpaired) electrons. The standard InChI is InChI=1S/C17H16F3N3O.C7H14O/c18-13-2-1-8-21-15(13)12-5-9-22-14(16(12)23-10-24)11-3-6-17(19,20)7-4-11;1-8-7-5-3-2-4-6-7/h1-2,5,8-11H,3-4,6-7H2,(H,23,24);7H,2-6H2,1H3. The van der Waals surface area contributed by atoms with Gasteiger partial charge in [-0.2, -0.15) is 0 Å². The first-order chi connectivity index (χ1) is 15.4. The van der Waals surface area contributed by atoms with Crippen LogP contribution in [0.25, 0.3) is 11.3 Å². The molecule has 0 atom stereocenters. The minimum absolute atomic E-state index is 0.0895. The first-order valence-corrected chi connectivity index (χ1v) is 11.2. The van der Waals surface area contributed by atoms with Crippen molar-refractivity contribution in [2.45, 2.75) is 75.7 Å². The Bertz CT molecular complexity index is 879. The van der Waals surface area contributed by atoms with Crippen LogP contribution in [0, 0.1) is 5.82 Å². The molecule has 2 aromatic rings. The van der Waals surface area contributed by atoms with Gasteiger partial charge in [0.2, 0.25) is 12.3 Å². The molecule has 4 rings (SSSR count). The summed E-state index contributed by atoms with van der Waals surface area (Å²) >= 11 is 0. The highest BCUT2D eigenvalue weighted by molar-refractivity contribution is 5.85. The van der Waals surface area contributed by atoms with Gasteiger partial charge >= 0.3 is 0 Å². The quantitative estimate of drug-likeness (QED) is 0.560. The molecular formula is C24H30F3N3O2. The number of ether oxygens (including phenoxy) is 1. The van der Waals surface area contributed by atoms with Crippen LogP contribution in [0.15, 0.2) is 30.6 Å². The second kappa shape index (κ2) is 11.4. The summed E-state index contributed by atoms with van der Waals surface area (Å²) in [5.41, 5.74) is 1.31. The van der Waals surface area contributed by atoms with Crippen LogP contribution < -0.4 is 5.32 Å². The Morgan fingerprint density at radius 2 is 1.78 bits per heavy atom. The molecule has 5 nitrogen and oxygen atoms in total. The largest absolute Gasteiger partial charge is 0.381 e. The zero-order valence-corrected chi connectivity index (χ0v) is 18.3. The number of rotatable bonds is 5. The van der Waals surface area contributed by atoms with Crippen molar-refractivity contribution in [1.82, 2.24) is 9.97 Å². The van der Waals surface area contributed by atoms with E-state index in [4.69, 9.17) is 4.74 Å². The fourth-order valence-corrected chi connectivity index (χ4v) is 4.39. The Hall–Kier alpha value is -2.48. The zero-order valence-electron chi connectivity index (χ0n) is 18.3. The Labute approximate surface area is 186 Å². The molecule has 8 heteroatoms. The molecular weight excluding hydrogens is 419 g/mol. The number of hydrogen-bond acceptors (Lipinski definition) is 4. The van der Waals surface area contributed by atoms with E-state index in [1.165, 1.54) is 56.6 Å². The molecule has 0 unspecified atom stereocenters. The number of amides is 1. The van der Waals surface area contributed by atoms with Crippen LogP contribution >= 0.6 is 0 Å². The van der Waals surface area contributed by atoms with E-state index in [9.17, 15) is 18.0 Å². The SMILES string of the molecule is COC1CCCCC1.O=CNc1c(-c2ncccc2F)ccnc1C1CCC(F)(F)CC1. The van der Waals surface area contributed by atoms with E-state index in [-0.39, 0.29) is 37.3 Å². The van der Waals surface area contributed by atoms with Gasteiger partial charge in [-0.25, -0.2) is 13.2 Å². The second-order valence-corrected chi connectivity index (χ2v) is 8.34. The number of aromatic nitrogens is 2. The van der Waals surface area contributed by atoms with E-state index in [1.807, 2.05) is 7.11 Å². The lowest BCUT2D eigenvalue weighted by Crippen LogP contribution is -2.24. The second-order valence-electron chi connectivity index (χ2n) is 8.34. The van der Waals surface area contributed by atoms with Gasteiger partial charge in [0.25, 0.3) is 0 Å². The van der Waals surface area contributed by atoms with E-state index >= 15 is 0 Å². The van der Waals surface area contributed by atoms with E-state index in [0.717, 1.165) is 0 Å². The van der Waals surface area contributed by atoms with E-state index < -0.39 is 11.7 Å². The summed E-state index contributed by atoms with van der Waals surface area (Å²) in [4.78, 5) is 19.3. The van der Waals surface area contributed by atoms with E-state index in [0.29, 0.717) is 29.5 Å². The lowest BCUT2D eigenvalue weighted by atomic mass is 9.83. The maximum atomic E-state index is 14.1. The van der Waals surface area contributed by atoms with Crippen LogP contribution in [0.4, 0.5) is 18.9 Å². The van der Waals surface area contributed by atoms with Crippen molar-refractivity contribution in [3.63, 3.8) is 0 Å². The number of alkyl halides is 2. The fourth-order valence-electron chi connectivity index (χ4n) is 4.39. The molecule has 2 heterocycles. The number of halogens is 3.